The standard InChI is InChI=1S/C18H19N5O/c1-2-15-20-21-16-12-22(9-10-23(15)16)17(24)11-14-6-3-5-13-7-4-8-19-18(13)14/h3-8H,2,9-12H2,1H3. The van der Waals surface area contributed by atoms with Gasteiger partial charge in [0.15, 0.2) is 5.82 Å². The van der Waals surface area contributed by atoms with Crippen LogP contribution in [0.4, 0.5) is 0 Å². The second kappa shape index (κ2) is 6.03. The molecule has 1 aromatic carbocycles. The van der Waals surface area contributed by atoms with E-state index in [9.17, 15) is 4.79 Å². The molecule has 1 aliphatic heterocycles. The van der Waals surface area contributed by atoms with Gasteiger partial charge < -0.3 is 9.47 Å². The van der Waals surface area contributed by atoms with Crippen LogP contribution in [-0.2, 0) is 30.7 Å². The van der Waals surface area contributed by atoms with Gasteiger partial charge in [-0.2, -0.15) is 0 Å². The van der Waals surface area contributed by atoms with Crippen molar-refractivity contribution >= 4 is 16.8 Å². The van der Waals surface area contributed by atoms with Crippen LogP contribution in [0.15, 0.2) is 36.5 Å². The molecule has 0 aliphatic carbocycles. The van der Waals surface area contributed by atoms with E-state index in [1.807, 2.05) is 35.2 Å². The predicted octanol–water partition coefficient (Wildman–Crippen LogP) is 1.97. The molecule has 0 bridgehead atoms. The minimum Gasteiger partial charge on any atom is -0.333 e. The highest BCUT2D eigenvalue weighted by Crippen LogP contribution is 2.19. The van der Waals surface area contributed by atoms with Gasteiger partial charge in [0.05, 0.1) is 18.5 Å². The van der Waals surface area contributed by atoms with Crippen LogP contribution in [-0.4, -0.2) is 37.1 Å². The lowest BCUT2D eigenvalue weighted by atomic mass is 10.1. The first-order chi connectivity index (χ1) is 11.8. The number of carbonyl (C=O) groups excluding carboxylic acids is 1. The fourth-order valence-electron chi connectivity index (χ4n) is 3.28. The van der Waals surface area contributed by atoms with Gasteiger partial charge >= 0.3 is 0 Å². The van der Waals surface area contributed by atoms with Crippen molar-refractivity contribution in [3.05, 3.63) is 53.7 Å². The Labute approximate surface area is 140 Å². The minimum absolute atomic E-state index is 0.112. The van der Waals surface area contributed by atoms with E-state index in [1.165, 1.54) is 0 Å². The predicted molar refractivity (Wildman–Crippen MR) is 90.3 cm³/mol. The zero-order valence-corrected chi connectivity index (χ0v) is 13.6. The number of carbonyl (C=O) groups is 1. The number of hydrogen-bond donors (Lipinski definition) is 0. The molecule has 122 valence electrons. The van der Waals surface area contributed by atoms with E-state index in [4.69, 9.17) is 0 Å². The molecule has 0 radical (unpaired) electrons. The highest BCUT2D eigenvalue weighted by Gasteiger charge is 2.24. The zero-order chi connectivity index (χ0) is 16.5. The summed E-state index contributed by atoms with van der Waals surface area (Å²) in [5, 5.41) is 9.49. The van der Waals surface area contributed by atoms with Crippen LogP contribution < -0.4 is 0 Å². The summed E-state index contributed by atoms with van der Waals surface area (Å²) in [7, 11) is 0. The largest absolute Gasteiger partial charge is 0.333 e. The van der Waals surface area contributed by atoms with E-state index in [0.29, 0.717) is 19.5 Å². The first-order valence-corrected chi connectivity index (χ1v) is 8.27. The number of amides is 1. The number of benzene rings is 1. The van der Waals surface area contributed by atoms with E-state index >= 15 is 0 Å². The molecule has 4 rings (SSSR count). The summed E-state index contributed by atoms with van der Waals surface area (Å²) < 4.78 is 2.13. The Balaban J connectivity index is 1.54. The second-order valence-corrected chi connectivity index (χ2v) is 6.02. The number of aromatic nitrogens is 4. The molecule has 0 N–H and O–H groups in total. The quantitative estimate of drug-likeness (QED) is 0.740. The van der Waals surface area contributed by atoms with Crippen molar-refractivity contribution in [1.29, 1.82) is 0 Å². The van der Waals surface area contributed by atoms with Gasteiger partial charge in [0.2, 0.25) is 5.91 Å². The van der Waals surface area contributed by atoms with Crippen LogP contribution in [0.25, 0.3) is 10.9 Å². The molecule has 2 aromatic heterocycles. The Hall–Kier alpha value is -2.76. The summed E-state index contributed by atoms with van der Waals surface area (Å²) in [6, 6.07) is 9.91. The number of hydrogen-bond acceptors (Lipinski definition) is 4. The maximum atomic E-state index is 12.7. The van der Waals surface area contributed by atoms with Crippen LogP contribution in [0.2, 0.25) is 0 Å². The monoisotopic (exact) mass is 321 g/mol. The molecule has 1 amide bonds. The third kappa shape index (κ3) is 2.54. The van der Waals surface area contributed by atoms with Crippen LogP contribution in [0.1, 0.15) is 24.1 Å². The zero-order valence-electron chi connectivity index (χ0n) is 13.6. The second-order valence-electron chi connectivity index (χ2n) is 6.02. The Morgan fingerprint density at radius 1 is 1.17 bits per heavy atom. The molecule has 0 fully saturated rings. The van der Waals surface area contributed by atoms with Gasteiger partial charge in [-0.15, -0.1) is 10.2 Å². The van der Waals surface area contributed by atoms with Gasteiger partial charge in [-0.05, 0) is 11.6 Å². The summed E-state index contributed by atoms with van der Waals surface area (Å²) in [4.78, 5) is 19.0. The molecule has 3 heterocycles. The van der Waals surface area contributed by atoms with Crippen molar-refractivity contribution < 1.29 is 4.79 Å². The first kappa shape index (κ1) is 14.8. The SMILES string of the molecule is CCc1nnc2n1CCN(C(=O)Cc1cccc3cccnc13)C2. The van der Waals surface area contributed by atoms with E-state index in [1.54, 1.807) is 6.20 Å². The smallest absolute Gasteiger partial charge is 0.227 e. The molecular formula is C18H19N5O. The average Bonchev–Trinajstić information content (AvgIpc) is 3.04. The summed E-state index contributed by atoms with van der Waals surface area (Å²) in [6.07, 6.45) is 3.00. The molecule has 24 heavy (non-hydrogen) atoms. The van der Waals surface area contributed by atoms with E-state index in [0.717, 1.165) is 41.1 Å². The maximum Gasteiger partial charge on any atom is 0.227 e. The van der Waals surface area contributed by atoms with Crippen molar-refractivity contribution in [3.8, 4) is 0 Å². The summed E-state index contributed by atoms with van der Waals surface area (Å²) in [6.45, 7) is 4.08. The number of rotatable bonds is 3. The number of fused-ring (bicyclic) bond motifs is 2. The molecule has 0 spiro atoms. The lowest BCUT2D eigenvalue weighted by Gasteiger charge is -2.28. The Kier molecular flexibility index (Phi) is 3.72. The van der Waals surface area contributed by atoms with Crippen molar-refractivity contribution in [3.63, 3.8) is 0 Å². The molecule has 6 nitrogen and oxygen atoms in total. The summed E-state index contributed by atoms with van der Waals surface area (Å²) in [5.74, 6) is 1.98. The summed E-state index contributed by atoms with van der Waals surface area (Å²) >= 11 is 0. The van der Waals surface area contributed by atoms with E-state index in [-0.39, 0.29) is 5.91 Å². The molecule has 3 aromatic rings. The third-order valence-electron chi connectivity index (χ3n) is 4.56. The molecular weight excluding hydrogens is 302 g/mol. The van der Waals surface area contributed by atoms with Crippen LogP contribution in [0, 0.1) is 0 Å². The average molecular weight is 321 g/mol. The number of aryl methyl sites for hydroxylation is 1. The van der Waals surface area contributed by atoms with E-state index in [2.05, 4.69) is 26.7 Å². The number of nitrogens with zero attached hydrogens (tertiary/aromatic N) is 5. The molecule has 0 unspecified atom stereocenters. The molecule has 0 saturated carbocycles. The van der Waals surface area contributed by atoms with Gasteiger partial charge in [-0.25, -0.2) is 0 Å². The summed E-state index contributed by atoms with van der Waals surface area (Å²) in [5.41, 5.74) is 1.88. The van der Waals surface area contributed by atoms with Crippen LogP contribution >= 0.6 is 0 Å². The maximum absolute atomic E-state index is 12.7. The lowest BCUT2D eigenvalue weighted by Crippen LogP contribution is -2.39. The van der Waals surface area contributed by atoms with Crippen LogP contribution in [0.3, 0.4) is 0 Å². The van der Waals surface area contributed by atoms with Crippen LogP contribution in [0.5, 0.6) is 0 Å². The number of para-hydroxylation sites is 1. The highest BCUT2D eigenvalue weighted by molar-refractivity contribution is 5.87. The Morgan fingerprint density at radius 3 is 2.92 bits per heavy atom. The van der Waals surface area contributed by atoms with Crippen molar-refractivity contribution in [2.24, 2.45) is 0 Å². The van der Waals surface area contributed by atoms with Gasteiger partial charge in [0.1, 0.15) is 5.82 Å². The van der Waals surface area contributed by atoms with Gasteiger partial charge in [-0.1, -0.05) is 31.2 Å². The number of pyridine rings is 1. The molecule has 0 atom stereocenters. The fourth-order valence-corrected chi connectivity index (χ4v) is 3.28. The van der Waals surface area contributed by atoms with Gasteiger partial charge in [0.25, 0.3) is 0 Å². The van der Waals surface area contributed by atoms with Gasteiger partial charge in [-0.3, -0.25) is 9.78 Å². The van der Waals surface area contributed by atoms with Gasteiger partial charge in [0, 0.05) is 31.1 Å². The normalized spacial score (nSPS) is 14.0. The highest BCUT2D eigenvalue weighted by atomic mass is 16.2. The topological polar surface area (TPSA) is 63.9 Å². The fraction of sp³-hybridized carbons (Fsp3) is 0.333. The first-order valence-electron chi connectivity index (χ1n) is 8.27. The third-order valence-corrected chi connectivity index (χ3v) is 4.56. The Bertz CT molecular complexity index is 896. The molecule has 0 saturated heterocycles. The molecule has 6 heteroatoms. The van der Waals surface area contributed by atoms with Crippen molar-refractivity contribution in [1.82, 2.24) is 24.6 Å². The van der Waals surface area contributed by atoms with Crippen molar-refractivity contribution in [2.45, 2.75) is 32.9 Å². The van der Waals surface area contributed by atoms with E-state index < -0.39 is 0 Å². The lowest BCUT2D eigenvalue weighted by molar-refractivity contribution is -0.132. The van der Waals surface area contributed by atoms with Crippen molar-refractivity contribution in [2.75, 3.05) is 6.54 Å². The molecule has 1 aliphatic rings. The Morgan fingerprint density at radius 2 is 2.04 bits per heavy atom. The minimum atomic E-state index is 0.112.